The third-order valence-electron chi connectivity index (χ3n) is 2.60. The molecular weight excluding hydrogens is 256 g/mol. The van der Waals surface area contributed by atoms with Gasteiger partial charge >= 0.3 is 0 Å². The number of rotatable bonds is 5. The first-order chi connectivity index (χ1) is 9.69. The van der Waals surface area contributed by atoms with Crippen molar-refractivity contribution in [2.45, 2.75) is 13.5 Å². The first-order valence-electron chi connectivity index (χ1n) is 6.13. The van der Waals surface area contributed by atoms with E-state index in [9.17, 15) is 4.79 Å². The molecule has 0 saturated carbocycles. The zero-order valence-corrected chi connectivity index (χ0v) is 11.4. The summed E-state index contributed by atoms with van der Waals surface area (Å²) in [5, 5.41) is 5.95. The van der Waals surface area contributed by atoms with Gasteiger partial charge in [0.1, 0.15) is 5.75 Å². The molecule has 0 unspecified atom stereocenters. The lowest BCUT2D eigenvalue weighted by molar-refractivity contribution is -0.114. The summed E-state index contributed by atoms with van der Waals surface area (Å²) in [6, 6.07) is 5.40. The second-order valence-electron chi connectivity index (χ2n) is 4.15. The second-order valence-corrected chi connectivity index (χ2v) is 4.15. The van der Waals surface area contributed by atoms with Crippen molar-refractivity contribution in [3.8, 4) is 5.75 Å². The van der Waals surface area contributed by atoms with E-state index in [1.54, 1.807) is 37.8 Å². The van der Waals surface area contributed by atoms with Gasteiger partial charge in [-0.15, -0.1) is 0 Å². The molecule has 0 spiro atoms. The maximum atomic E-state index is 11.1. The monoisotopic (exact) mass is 272 g/mol. The first kappa shape index (κ1) is 13.8. The summed E-state index contributed by atoms with van der Waals surface area (Å²) in [5.74, 6) is 0.582. The van der Waals surface area contributed by atoms with E-state index in [0.29, 0.717) is 18.0 Å². The highest BCUT2D eigenvalue weighted by Gasteiger charge is 2.05. The topological polar surface area (TPSA) is 76.1 Å². The number of carbonyl (C=O) groups is 1. The van der Waals surface area contributed by atoms with Gasteiger partial charge in [0.15, 0.2) is 0 Å². The van der Waals surface area contributed by atoms with Crippen LogP contribution in [0.5, 0.6) is 5.75 Å². The van der Waals surface area contributed by atoms with Gasteiger partial charge in [0, 0.05) is 25.0 Å². The van der Waals surface area contributed by atoms with Gasteiger partial charge in [-0.3, -0.25) is 14.8 Å². The molecule has 1 heterocycles. The molecule has 0 aliphatic rings. The molecular formula is C14H16N4O2. The van der Waals surface area contributed by atoms with Crippen molar-refractivity contribution in [1.82, 2.24) is 9.97 Å². The van der Waals surface area contributed by atoms with Crippen LogP contribution in [-0.4, -0.2) is 23.0 Å². The first-order valence-corrected chi connectivity index (χ1v) is 6.13. The van der Waals surface area contributed by atoms with Crippen molar-refractivity contribution in [3.05, 3.63) is 42.5 Å². The summed E-state index contributed by atoms with van der Waals surface area (Å²) in [7, 11) is 1.60. The molecule has 1 aromatic carbocycles. The lowest BCUT2D eigenvalue weighted by atomic mass is 10.2. The highest BCUT2D eigenvalue weighted by molar-refractivity contribution is 5.89. The van der Waals surface area contributed by atoms with E-state index in [0.717, 1.165) is 11.4 Å². The number of nitrogens with zero attached hydrogens (tertiary/aromatic N) is 2. The van der Waals surface area contributed by atoms with Crippen LogP contribution in [-0.2, 0) is 11.3 Å². The van der Waals surface area contributed by atoms with Gasteiger partial charge in [-0.25, -0.2) is 0 Å². The summed E-state index contributed by atoms with van der Waals surface area (Å²) in [5.41, 5.74) is 2.31. The number of benzene rings is 1. The third-order valence-corrected chi connectivity index (χ3v) is 2.60. The average molecular weight is 272 g/mol. The van der Waals surface area contributed by atoms with Crippen LogP contribution in [0.1, 0.15) is 12.6 Å². The quantitative estimate of drug-likeness (QED) is 0.871. The molecule has 0 atom stereocenters. The van der Waals surface area contributed by atoms with E-state index in [-0.39, 0.29) is 5.91 Å². The zero-order valence-electron chi connectivity index (χ0n) is 11.4. The van der Waals surface area contributed by atoms with Crippen LogP contribution in [0.2, 0.25) is 0 Å². The van der Waals surface area contributed by atoms with Crippen molar-refractivity contribution in [1.29, 1.82) is 0 Å². The molecule has 6 heteroatoms. The van der Waals surface area contributed by atoms with Crippen LogP contribution in [0.3, 0.4) is 0 Å². The molecule has 6 nitrogen and oxygen atoms in total. The summed E-state index contributed by atoms with van der Waals surface area (Å²) >= 11 is 0. The van der Waals surface area contributed by atoms with Gasteiger partial charge in [0.25, 0.3) is 0 Å². The van der Waals surface area contributed by atoms with E-state index in [2.05, 4.69) is 20.6 Å². The normalized spacial score (nSPS) is 9.90. The molecule has 1 amide bonds. The van der Waals surface area contributed by atoms with Crippen LogP contribution >= 0.6 is 0 Å². The molecule has 104 valence electrons. The fraction of sp³-hybridized carbons (Fsp3) is 0.214. The SMILES string of the molecule is COc1ccc(NC(C)=O)cc1NCc1cnccn1. The Labute approximate surface area is 117 Å². The van der Waals surface area contributed by atoms with E-state index in [1.165, 1.54) is 6.92 Å². The fourth-order valence-electron chi connectivity index (χ4n) is 1.73. The van der Waals surface area contributed by atoms with Crippen LogP contribution in [0.25, 0.3) is 0 Å². The van der Waals surface area contributed by atoms with Gasteiger partial charge in [-0.1, -0.05) is 0 Å². The number of methoxy groups -OCH3 is 1. The summed E-state index contributed by atoms with van der Waals surface area (Å²) in [6.07, 6.45) is 4.96. The van der Waals surface area contributed by atoms with Crippen molar-refractivity contribution < 1.29 is 9.53 Å². The Morgan fingerprint density at radius 3 is 2.85 bits per heavy atom. The Balaban J connectivity index is 2.13. The van der Waals surface area contributed by atoms with Crippen molar-refractivity contribution >= 4 is 17.3 Å². The van der Waals surface area contributed by atoms with E-state index < -0.39 is 0 Å². The predicted molar refractivity (Wildman–Crippen MR) is 76.7 cm³/mol. The molecule has 20 heavy (non-hydrogen) atoms. The second kappa shape index (κ2) is 6.51. The molecule has 2 rings (SSSR count). The standard InChI is InChI=1S/C14H16N4O2/c1-10(19)18-11-3-4-14(20-2)13(7-11)17-9-12-8-15-5-6-16-12/h3-8,17H,9H2,1-2H3,(H,18,19). The van der Waals surface area contributed by atoms with Gasteiger partial charge in [0.2, 0.25) is 5.91 Å². The van der Waals surface area contributed by atoms with Crippen molar-refractivity contribution in [2.24, 2.45) is 0 Å². The summed E-state index contributed by atoms with van der Waals surface area (Å²) in [4.78, 5) is 19.3. The van der Waals surface area contributed by atoms with Crippen molar-refractivity contribution in [2.75, 3.05) is 17.7 Å². The summed E-state index contributed by atoms with van der Waals surface area (Å²) in [6.45, 7) is 1.99. The van der Waals surface area contributed by atoms with E-state index in [1.807, 2.05) is 6.07 Å². The van der Waals surface area contributed by atoms with E-state index >= 15 is 0 Å². The smallest absolute Gasteiger partial charge is 0.221 e. The minimum atomic E-state index is -0.116. The molecule has 0 aliphatic carbocycles. The Hall–Kier alpha value is -2.63. The predicted octanol–water partition coefficient (Wildman–Crippen LogP) is 2.06. The van der Waals surface area contributed by atoms with Crippen LogP contribution in [0.15, 0.2) is 36.8 Å². The number of nitrogens with one attached hydrogen (secondary N) is 2. The van der Waals surface area contributed by atoms with Crippen LogP contribution in [0.4, 0.5) is 11.4 Å². The molecule has 2 aromatic rings. The molecule has 0 radical (unpaired) electrons. The van der Waals surface area contributed by atoms with Crippen molar-refractivity contribution in [3.63, 3.8) is 0 Å². The Bertz CT molecular complexity index is 587. The Morgan fingerprint density at radius 1 is 1.35 bits per heavy atom. The third kappa shape index (κ3) is 3.68. The number of amides is 1. The molecule has 0 bridgehead atoms. The van der Waals surface area contributed by atoms with Gasteiger partial charge in [-0.2, -0.15) is 0 Å². The maximum absolute atomic E-state index is 11.1. The number of carbonyl (C=O) groups excluding carboxylic acids is 1. The minimum Gasteiger partial charge on any atom is -0.495 e. The zero-order chi connectivity index (χ0) is 14.4. The highest BCUT2D eigenvalue weighted by Crippen LogP contribution is 2.28. The Morgan fingerprint density at radius 2 is 2.20 bits per heavy atom. The molecule has 2 N–H and O–H groups in total. The Kier molecular flexibility index (Phi) is 4.49. The molecule has 1 aromatic heterocycles. The molecule has 0 aliphatic heterocycles. The fourth-order valence-corrected chi connectivity index (χ4v) is 1.73. The highest BCUT2D eigenvalue weighted by atomic mass is 16.5. The number of aromatic nitrogens is 2. The van der Waals surface area contributed by atoms with Gasteiger partial charge < -0.3 is 15.4 Å². The summed E-state index contributed by atoms with van der Waals surface area (Å²) < 4.78 is 5.28. The average Bonchev–Trinajstić information content (AvgIpc) is 2.46. The lowest BCUT2D eigenvalue weighted by Gasteiger charge is -2.12. The number of hydrogen-bond donors (Lipinski definition) is 2. The maximum Gasteiger partial charge on any atom is 0.221 e. The van der Waals surface area contributed by atoms with Crippen LogP contribution < -0.4 is 15.4 Å². The number of ether oxygens (including phenoxy) is 1. The van der Waals surface area contributed by atoms with Gasteiger partial charge in [0.05, 0.1) is 31.2 Å². The number of anilines is 2. The number of hydrogen-bond acceptors (Lipinski definition) is 5. The van der Waals surface area contributed by atoms with Gasteiger partial charge in [-0.05, 0) is 18.2 Å². The lowest BCUT2D eigenvalue weighted by Crippen LogP contribution is -2.07. The molecule has 0 fully saturated rings. The minimum absolute atomic E-state index is 0.116. The molecule has 0 saturated heterocycles. The van der Waals surface area contributed by atoms with E-state index in [4.69, 9.17) is 4.74 Å². The largest absolute Gasteiger partial charge is 0.495 e. The van der Waals surface area contributed by atoms with Crippen LogP contribution in [0, 0.1) is 0 Å².